The molecule has 1 heterocycles. The van der Waals surface area contributed by atoms with E-state index >= 15 is 0 Å². The number of rotatable bonds is 10. The zero-order valence-corrected chi connectivity index (χ0v) is 15.4. The SMILES string of the molecule is COCCCN(Cc1ccc(C)s1)CC(O)COC(C)(C)C. The van der Waals surface area contributed by atoms with Crippen LogP contribution in [0, 0.1) is 6.92 Å². The molecule has 1 N–H and O–H groups in total. The molecule has 0 bridgehead atoms. The van der Waals surface area contributed by atoms with Crippen molar-refractivity contribution in [2.45, 2.75) is 52.4 Å². The second-order valence-corrected chi connectivity index (χ2v) is 8.04. The van der Waals surface area contributed by atoms with Gasteiger partial charge < -0.3 is 14.6 Å². The van der Waals surface area contributed by atoms with E-state index in [2.05, 4.69) is 24.0 Å². The minimum Gasteiger partial charge on any atom is -0.389 e. The fourth-order valence-electron chi connectivity index (χ4n) is 2.15. The number of aliphatic hydroxyl groups is 1. The van der Waals surface area contributed by atoms with Crippen molar-refractivity contribution in [2.75, 3.05) is 33.4 Å². The van der Waals surface area contributed by atoms with Crippen LogP contribution in [-0.4, -0.2) is 55.1 Å². The van der Waals surface area contributed by atoms with Crippen LogP contribution >= 0.6 is 11.3 Å². The van der Waals surface area contributed by atoms with Crippen molar-refractivity contribution in [1.82, 2.24) is 4.90 Å². The van der Waals surface area contributed by atoms with Crippen LogP contribution in [0.5, 0.6) is 0 Å². The highest BCUT2D eigenvalue weighted by molar-refractivity contribution is 7.11. The van der Waals surface area contributed by atoms with E-state index < -0.39 is 6.10 Å². The molecule has 1 atom stereocenters. The summed E-state index contributed by atoms with van der Waals surface area (Å²) >= 11 is 1.81. The molecular weight excluding hydrogens is 298 g/mol. The third kappa shape index (κ3) is 8.86. The van der Waals surface area contributed by atoms with Crippen molar-refractivity contribution in [3.8, 4) is 0 Å². The van der Waals surface area contributed by atoms with Crippen molar-refractivity contribution >= 4 is 11.3 Å². The standard InChI is InChI=1S/C17H31NO3S/c1-14-7-8-16(22-14)12-18(9-6-10-20-5)11-15(19)13-21-17(2,3)4/h7-8,15,19H,6,9-13H2,1-5H3. The number of nitrogens with zero attached hydrogens (tertiary/aromatic N) is 1. The van der Waals surface area contributed by atoms with Crippen LogP contribution in [0.25, 0.3) is 0 Å². The number of methoxy groups -OCH3 is 1. The lowest BCUT2D eigenvalue weighted by atomic mass is 10.2. The van der Waals surface area contributed by atoms with E-state index in [-0.39, 0.29) is 5.60 Å². The van der Waals surface area contributed by atoms with E-state index in [0.717, 1.165) is 26.1 Å². The van der Waals surface area contributed by atoms with Crippen molar-refractivity contribution in [1.29, 1.82) is 0 Å². The highest BCUT2D eigenvalue weighted by Crippen LogP contribution is 2.17. The Kier molecular flexibility index (Phi) is 8.57. The lowest BCUT2D eigenvalue weighted by Crippen LogP contribution is -2.37. The van der Waals surface area contributed by atoms with Gasteiger partial charge in [-0.2, -0.15) is 0 Å². The van der Waals surface area contributed by atoms with E-state index in [0.29, 0.717) is 13.2 Å². The topological polar surface area (TPSA) is 41.9 Å². The Hall–Kier alpha value is -0.460. The third-order valence-corrected chi connectivity index (χ3v) is 4.16. The molecule has 0 saturated carbocycles. The van der Waals surface area contributed by atoms with Crippen molar-refractivity contribution in [3.63, 3.8) is 0 Å². The number of aliphatic hydroxyl groups excluding tert-OH is 1. The van der Waals surface area contributed by atoms with Crippen LogP contribution in [0.4, 0.5) is 0 Å². The molecule has 4 nitrogen and oxygen atoms in total. The first kappa shape index (κ1) is 19.6. The van der Waals surface area contributed by atoms with Gasteiger partial charge in [0.2, 0.25) is 0 Å². The molecule has 22 heavy (non-hydrogen) atoms. The normalized spacial score (nSPS) is 13.8. The van der Waals surface area contributed by atoms with E-state index in [4.69, 9.17) is 9.47 Å². The zero-order chi connectivity index (χ0) is 16.6. The predicted octanol–water partition coefficient (Wildman–Crippen LogP) is 3.07. The summed E-state index contributed by atoms with van der Waals surface area (Å²) in [5.74, 6) is 0. The largest absolute Gasteiger partial charge is 0.389 e. The molecule has 5 heteroatoms. The highest BCUT2D eigenvalue weighted by Gasteiger charge is 2.17. The summed E-state index contributed by atoms with van der Waals surface area (Å²) in [6.45, 7) is 11.7. The Morgan fingerprint density at radius 1 is 1.32 bits per heavy atom. The second-order valence-electron chi connectivity index (χ2n) is 6.67. The van der Waals surface area contributed by atoms with Gasteiger partial charge in [-0.05, 0) is 46.2 Å². The van der Waals surface area contributed by atoms with Gasteiger partial charge in [-0.3, -0.25) is 4.90 Å². The van der Waals surface area contributed by atoms with Crippen molar-refractivity contribution < 1.29 is 14.6 Å². The van der Waals surface area contributed by atoms with Gasteiger partial charge in [0, 0.05) is 43.1 Å². The van der Waals surface area contributed by atoms with Crippen molar-refractivity contribution in [3.05, 3.63) is 21.9 Å². The molecule has 0 aliphatic carbocycles. The fraction of sp³-hybridized carbons (Fsp3) is 0.765. The van der Waals surface area contributed by atoms with Crippen LogP contribution in [0.1, 0.15) is 36.9 Å². The highest BCUT2D eigenvalue weighted by atomic mass is 32.1. The van der Waals surface area contributed by atoms with Gasteiger partial charge in [-0.1, -0.05) is 0 Å². The van der Waals surface area contributed by atoms with Crippen LogP contribution < -0.4 is 0 Å². The lowest BCUT2D eigenvalue weighted by Gasteiger charge is -2.27. The lowest BCUT2D eigenvalue weighted by molar-refractivity contribution is -0.0569. The van der Waals surface area contributed by atoms with Crippen LogP contribution in [-0.2, 0) is 16.0 Å². The van der Waals surface area contributed by atoms with E-state index in [1.807, 2.05) is 32.1 Å². The Labute approximate surface area is 139 Å². The molecule has 0 radical (unpaired) electrons. The molecule has 0 aromatic carbocycles. The van der Waals surface area contributed by atoms with Crippen LogP contribution in [0.3, 0.4) is 0 Å². The number of ether oxygens (including phenoxy) is 2. The van der Waals surface area contributed by atoms with Gasteiger partial charge in [0.25, 0.3) is 0 Å². The number of hydrogen-bond donors (Lipinski definition) is 1. The van der Waals surface area contributed by atoms with Crippen molar-refractivity contribution in [2.24, 2.45) is 0 Å². The molecule has 0 spiro atoms. The summed E-state index contributed by atoms with van der Waals surface area (Å²) in [5.41, 5.74) is -0.216. The Morgan fingerprint density at radius 2 is 2.05 bits per heavy atom. The zero-order valence-electron chi connectivity index (χ0n) is 14.6. The molecule has 1 unspecified atom stereocenters. The maximum Gasteiger partial charge on any atom is 0.0900 e. The van der Waals surface area contributed by atoms with Gasteiger partial charge in [0.05, 0.1) is 18.3 Å². The molecule has 128 valence electrons. The summed E-state index contributed by atoms with van der Waals surface area (Å²) < 4.78 is 10.8. The third-order valence-electron chi connectivity index (χ3n) is 3.18. The first-order valence-electron chi connectivity index (χ1n) is 7.89. The average molecular weight is 330 g/mol. The first-order chi connectivity index (χ1) is 10.3. The quantitative estimate of drug-likeness (QED) is 0.670. The molecule has 1 rings (SSSR count). The molecule has 1 aromatic rings. The molecule has 0 aliphatic heterocycles. The molecule has 1 aromatic heterocycles. The first-order valence-corrected chi connectivity index (χ1v) is 8.70. The summed E-state index contributed by atoms with van der Waals surface area (Å²) in [7, 11) is 1.72. The van der Waals surface area contributed by atoms with Gasteiger partial charge >= 0.3 is 0 Å². The predicted molar refractivity (Wildman–Crippen MR) is 92.5 cm³/mol. The molecule has 0 amide bonds. The van der Waals surface area contributed by atoms with Crippen LogP contribution in [0.2, 0.25) is 0 Å². The Bertz CT molecular complexity index is 414. The summed E-state index contributed by atoms with van der Waals surface area (Å²) in [6, 6.07) is 4.31. The smallest absolute Gasteiger partial charge is 0.0900 e. The fourth-order valence-corrected chi connectivity index (χ4v) is 3.09. The number of hydrogen-bond acceptors (Lipinski definition) is 5. The van der Waals surface area contributed by atoms with Gasteiger partial charge in [-0.25, -0.2) is 0 Å². The summed E-state index contributed by atoms with van der Waals surface area (Å²) in [5, 5.41) is 10.2. The number of thiophene rings is 1. The van der Waals surface area contributed by atoms with Gasteiger partial charge in [0.1, 0.15) is 0 Å². The number of aryl methyl sites for hydroxylation is 1. The minimum absolute atomic E-state index is 0.216. The van der Waals surface area contributed by atoms with Gasteiger partial charge in [-0.15, -0.1) is 11.3 Å². The summed E-state index contributed by atoms with van der Waals surface area (Å²) in [6.07, 6.45) is 0.496. The molecule has 0 aliphatic rings. The molecular formula is C17H31NO3S. The Morgan fingerprint density at radius 3 is 2.59 bits per heavy atom. The summed E-state index contributed by atoms with van der Waals surface area (Å²) in [4.78, 5) is 4.93. The Balaban J connectivity index is 2.49. The maximum atomic E-state index is 10.2. The molecule has 0 saturated heterocycles. The van der Waals surface area contributed by atoms with Crippen LogP contribution in [0.15, 0.2) is 12.1 Å². The van der Waals surface area contributed by atoms with E-state index in [9.17, 15) is 5.11 Å². The van der Waals surface area contributed by atoms with Gasteiger partial charge in [0.15, 0.2) is 0 Å². The second kappa shape index (κ2) is 9.63. The van der Waals surface area contributed by atoms with E-state index in [1.165, 1.54) is 9.75 Å². The maximum absolute atomic E-state index is 10.2. The average Bonchev–Trinajstić information content (AvgIpc) is 2.81. The molecule has 0 fully saturated rings. The monoisotopic (exact) mass is 329 g/mol. The van der Waals surface area contributed by atoms with E-state index in [1.54, 1.807) is 7.11 Å². The minimum atomic E-state index is -0.470.